The number of anilines is 1. The van der Waals surface area contributed by atoms with Gasteiger partial charge in [-0.25, -0.2) is 10.4 Å². The van der Waals surface area contributed by atoms with Crippen LogP contribution in [0.4, 0.5) is 5.95 Å². The number of hydrazone groups is 1. The lowest BCUT2D eigenvalue weighted by molar-refractivity contribution is 0.0748. The molecule has 28 heavy (non-hydrogen) atoms. The highest BCUT2D eigenvalue weighted by Gasteiger charge is 2.11. The second-order valence-electron chi connectivity index (χ2n) is 6.86. The van der Waals surface area contributed by atoms with E-state index in [1.165, 1.54) is 0 Å². The summed E-state index contributed by atoms with van der Waals surface area (Å²) in [5.41, 5.74) is 5.39. The van der Waals surface area contributed by atoms with Crippen molar-refractivity contribution < 1.29 is 4.74 Å². The summed E-state index contributed by atoms with van der Waals surface area (Å²) in [5, 5.41) is 5.04. The smallest absolute Gasteiger partial charge is 0.262 e. The van der Waals surface area contributed by atoms with E-state index in [-0.39, 0.29) is 11.7 Å². The molecule has 1 N–H and O–H groups in total. The molecule has 0 aliphatic carbocycles. The van der Waals surface area contributed by atoms with Gasteiger partial charge in [-0.15, -0.1) is 0 Å². The molecule has 0 unspecified atom stereocenters. The largest absolute Gasteiger partial charge is 0.379 e. The Labute approximate surface area is 164 Å². The van der Waals surface area contributed by atoms with E-state index in [0.29, 0.717) is 36.4 Å². The molecule has 0 amide bonds. The Morgan fingerprint density at radius 1 is 1.14 bits per heavy atom. The van der Waals surface area contributed by atoms with Gasteiger partial charge in [0.25, 0.3) is 5.56 Å². The number of hydrogen-bond acceptors (Lipinski definition) is 5. The number of fused-ring (bicyclic) bond motifs is 1. The van der Waals surface area contributed by atoms with E-state index in [4.69, 9.17) is 4.74 Å². The van der Waals surface area contributed by atoms with Gasteiger partial charge in [-0.2, -0.15) is 5.10 Å². The molecule has 1 aromatic heterocycles. The second kappa shape index (κ2) is 9.28. The first kappa shape index (κ1) is 19.8. The Hall–Kier alpha value is -2.99. The highest BCUT2D eigenvalue weighted by atomic mass is 16.5. The van der Waals surface area contributed by atoms with Crippen molar-refractivity contribution in [1.29, 1.82) is 0 Å². The van der Waals surface area contributed by atoms with Gasteiger partial charge in [-0.05, 0) is 44.9 Å². The average Bonchev–Trinajstić information content (AvgIpc) is 2.71. The lowest BCUT2D eigenvalue weighted by Gasteiger charge is -2.14. The molecule has 0 saturated carbocycles. The van der Waals surface area contributed by atoms with Crippen LogP contribution in [-0.4, -0.2) is 28.0 Å². The monoisotopic (exact) mass is 378 g/mol. The van der Waals surface area contributed by atoms with Crippen molar-refractivity contribution in [2.75, 3.05) is 12.0 Å². The van der Waals surface area contributed by atoms with E-state index in [1.54, 1.807) is 10.6 Å². The molecular formula is C22H26N4O2. The average molecular weight is 378 g/mol. The summed E-state index contributed by atoms with van der Waals surface area (Å²) in [6.45, 7) is 7.01. The van der Waals surface area contributed by atoms with Crippen LogP contribution >= 0.6 is 0 Å². The molecule has 0 aliphatic heterocycles. The zero-order valence-electron chi connectivity index (χ0n) is 16.6. The van der Waals surface area contributed by atoms with Gasteiger partial charge in [0.15, 0.2) is 0 Å². The molecule has 6 heteroatoms. The third-order valence-corrected chi connectivity index (χ3v) is 4.35. The molecule has 146 valence electrons. The third kappa shape index (κ3) is 4.84. The Morgan fingerprint density at radius 3 is 2.61 bits per heavy atom. The summed E-state index contributed by atoms with van der Waals surface area (Å²) in [7, 11) is 0. The van der Waals surface area contributed by atoms with Gasteiger partial charge in [-0.1, -0.05) is 42.5 Å². The van der Waals surface area contributed by atoms with Crippen LogP contribution in [0.1, 0.15) is 32.8 Å². The quantitative estimate of drug-likeness (QED) is 0.365. The van der Waals surface area contributed by atoms with Crippen molar-refractivity contribution in [3.8, 4) is 0 Å². The molecular weight excluding hydrogens is 352 g/mol. The van der Waals surface area contributed by atoms with Crippen molar-refractivity contribution in [2.24, 2.45) is 5.10 Å². The Morgan fingerprint density at radius 2 is 1.86 bits per heavy atom. The van der Waals surface area contributed by atoms with Gasteiger partial charge < -0.3 is 4.74 Å². The van der Waals surface area contributed by atoms with Crippen molar-refractivity contribution in [3.05, 3.63) is 70.5 Å². The molecule has 2 aromatic carbocycles. The number of ether oxygens (including phenoxy) is 1. The van der Waals surface area contributed by atoms with E-state index >= 15 is 0 Å². The summed E-state index contributed by atoms with van der Waals surface area (Å²) < 4.78 is 7.24. The number of nitrogens with one attached hydrogen (secondary N) is 1. The summed E-state index contributed by atoms with van der Waals surface area (Å²) >= 11 is 0. The number of aromatic nitrogens is 2. The van der Waals surface area contributed by atoms with Gasteiger partial charge in [0.05, 0.1) is 22.7 Å². The molecule has 0 bridgehead atoms. The fraction of sp³-hybridized carbons (Fsp3) is 0.318. The molecule has 3 aromatic rings. The van der Waals surface area contributed by atoms with E-state index in [9.17, 15) is 4.79 Å². The van der Waals surface area contributed by atoms with Crippen LogP contribution in [0.3, 0.4) is 0 Å². The van der Waals surface area contributed by atoms with Gasteiger partial charge >= 0.3 is 0 Å². The fourth-order valence-electron chi connectivity index (χ4n) is 2.88. The predicted octanol–water partition coefficient (Wildman–Crippen LogP) is 4.05. The van der Waals surface area contributed by atoms with E-state index in [2.05, 4.69) is 15.5 Å². The summed E-state index contributed by atoms with van der Waals surface area (Å²) in [6.07, 6.45) is 0.885. The van der Waals surface area contributed by atoms with E-state index in [0.717, 1.165) is 11.3 Å². The maximum absolute atomic E-state index is 13.0. The van der Waals surface area contributed by atoms with Gasteiger partial charge in [0, 0.05) is 13.2 Å². The fourth-order valence-corrected chi connectivity index (χ4v) is 2.88. The standard InChI is InChI=1S/C22H26N4O2/c1-16(2)28-15-9-14-26-21(27)19-12-7-8-13-20(19)23-22(26)25-24-17(3)18-10-5-4-6-11-18/h4-8,10-13,16H,9,14-15H2,1-3H3,(H,23,25)/b24-17-. The minimum atomic E-state index is -0.0785. The Balaban J connectivity index is 1.90. The van der Waals surface area contributed by atoms with Gasteiger partial charge in [-0.3, -0.25) is 9.36 Å². The zero-order valence-corrected chi connectivity index (χ0v) is 16.6. The van der Waals surface area contributed by atoms with Crippen LogP contribution in [0.25, 0.3) is 10.9 Å². The second-order valence-corrected chi connectivity index (χ2v) is 6.86. The molecule has 6 nitrogen and oxygen atoms in total. The van der Waals surface area contributed by atoms with E-state index < -0.39 is 0 Å². The molecule has 0 aliphatic rings. The molecule has 0 spiro atoms. The lowest BCUT2D eigenvalue weighted by Crippen LogP contribution is -2.25. The maximum Gasteiger partial charge on any atom is 0.262 e. The topological polar surface area (TPSA) is 68.5 Å². The number of para-hydroxylation sites is 1. The number of benzene rings is 2. The highest BCUT2D eigenvalue weighted by Crippen LogP contribution is 2.12. The van der Waals surface area contributed by atoms with Crippen LogP contribution in [0.15, 0.2) is 64.5 Å². The molecule has 0 saturated heterocycles. The van der Waals surface area contributed by atoms with Crippen LogP contribution in [-0.2, 0) is 11.3 Å². The molecule has 1 heterocycles. The third-order valence-electron chi connectivity index (χ3n) is 4.35. The first-order valence-electron chi connectivity index (χ1n) is 9.53. The zero-order chi connectivity index (χ0) is 19.9. The number of nitrogens with zero attached hydrogens (tertiary/aromatic N) is 3. The van der Waals surface area contributed by atoms with Crippen LogP contribution in [0, 0.1) is 0 Å². The van der Waals surface area contributed by atoms with Crippen molar-refractivity contribution in [1.82, 2.24) is 9.55 Å². The van der Waals surface area contributed by atoms with Crippen LogP contribution in [0.2, 0.25) is 0 Å². The lowest BCUT2D eigenvalue weighted by atomic mass is 10.1. The number of hydrogen-bond donors (Lipinski definition) is 1. The van der Waals surface area contributed by atoms with Crippen LogP contribution in [0.5, 0.6) is 0 Å². The molecule has 0 atom stereocenters. The molecule has 0 fully saturated rings. The highest BCUT2D eigenvalue weighted by molar-refractivity contribution is 5.99. The summed E-state index contributed by atoms with van der Waals surface area (Å²) in [4.78, 5) is 17.6. The molecule has 0 radical (unpaired) electrons. The summed E-state index contributed by atoms with van der Waals surface area (Å²) in [5.74, 6) is 0.434. The van der Waals surface area contributed by atoms with Gasteiger partial charge in [0.2, 0.25) is 5.95 Å². The van der Waals surface area contributed by atoms with Crippen molar-refractivity contribution >= 4 is 22.6 Å². The predicted molar refractivity (Wildman–Crippen MR) is 114 cm³/mol. The maximum atomic E-state index is 13.0. The first-order chi connectivity index (χ1) is 13.6. The normalized spacial score (nSPS) is 11.9. The first-order valence-corrected chi connectivity index (χ1v) is 9.53. The van der Waals surface area contributed by atoms with Crippen LogP contribution < -0.4 is 11.0 Å². The number of rotatable bonds is 8. The van der Waals surface area contributed by atoms with Crippen molar-refractivity contribution in [3.63, 3.8) is 0 Å². The van der Waals surface area contributed by atoms with Crippen molar-refractivity contribution in [2.45, 2.75) is 39.8 Å². The minimum Gasteiger partial charge on any atom is -0.379 e. The summed E-state index contributed by atoms with van der Waals surface area (Å²) in [6, 6.07) is 17.2. The van der Waals surface area contributed by atoms with Gasteiger partial charge in [0.1, 0.15) is 0 Å². The minimum absolute atomic E-state index is 0.0785. The Kier molecular flexibility index (Phi) is 6.55. The molecule has 3 rings (SSSR count). The Bertz CT molecular complexity index is 1010. The SMILES string of the molecule is C/C(=N/Nc1nc2ccccc2c(=O)n1CCCOC(C)C)c1ccccc1. The van der Waals surface area contributed by atoms with E-state index in [1.807, 2.05) is 69.3 Å².